The molecule has 0 aliphatic carbocycles. The highest BCUT2D eigenvalue weighted by molar-refractivity contribution is 5.73. The molecule has 0 saturated carbocycles. The van der Waals surface area contributed by atoms with Crippen LogP contribution in [-0.2, 0) is 66.5 Å². The predicted octanol–water partition coefficient (Wildman–Crippen LogP) is 0.520. The zero-order chi connectivity index (χ0) is 53.7. The number of carbonyl (C=O) groups is 3. The second kappa shape index (κ2) is 29.5. The molecule has 424 valence electrons. The van der Waals surface area contributed by atoms with Crippen molar-refractivity contribution in [3.05, 3.63) is 0 Å². The molecular formula is C50H86O23. The van der Waals surface area contributed by atoms with E-state index in [0.717, 1.165) is 51.4 Å². The van der Waals surface area contributed by atoms with Gasteiger partial charge in [0.2, 0.25) is 0 Å². The van der Waals surface area contributed by atoms with Crippen molar-refractivity contribution in [3.8, 4) is 0 Å². The van der Waals surface area contributed by atoms with Gasteiger partial charge in [0.25, 0.3) is 0 Å². The molecule has 0 amide bonds. The quantitative estimate of drug-likeness (QED) is 0.0650. The van der Waals surface area contributed by atoms with E-state index >= 15 is 0 Å². The summed E-state index contributed by atoms with van der Waals surface area (Å²) in [4.78, 5) is 40.2. The number of rotatable bonds is 14. The molecule has 24 atom stereocenters. The lowest BCUT2D eigenvalue weighted by Gasteiger charge is -2.51. The molecule has 73 heavy (non-hydrogen) atoms. The largest absolute Gasteiger partial charge is 0.456 e. The topological polar surface area (TPSA) is 335 Å². The summed E-state index contributed by atoms with van der Waals surface area (Å²) in [6.45, 7) is 9.35. The Labute approximate surface area is 427 Å². The number of hydrogen-bond acceptors (Lipinski definition) is 23. The molecule has 5 aliphatic rings. The van der Waals surface area contributed by atoms with E-state index in [1.165, 1.54) is 20.8 Å². The molecule has 5 rings (SSSR count). The average molecular weight is 1060 g/mol. The van der Waals surface area contributed by atoms with Gasteiger partial charge in [-0.1, -0.05) is 78.6 Å². The normalized spacial score (nSPS) is 42.0. The number of esters is 3. The summed E-state index contributed by atoms with van der Waals surface area (Å²) < 4.78 is 68.1. The van der Waals surface area contributed by atoms with Crippen LogP contribution in [0.3, 0.4) is 0 Å². The highest BCUT2D eigenvalue weighted by atomic mass is 16.8. The molecule has 23 nitrogen and oxygen atoms in total. The highest BCUT2D eigenvalue weighted by Crippen LogP contribution is 2.38. The Bertz CT molecular complexity index is 1660. The van der Waals surface area contributed by atoms with Gasteiger partial charge in [-0.05, 0) is 53.4 Å². The van der Waals surface area contributed by atoms with Gasteiger partial charge >= 0.3 is 17.9 Å². The van der Waals surface area contributed by atoms with E-state index in [0.29, 0.717) is 32.1 Å². The molecule has 16 unspecified atom stereocenters. The van der Waals surface area contributed by atoms with Gasteiger partial charge in [0, 0.05) is 6.42 Å². The first-order valence-electron chi connectivity index (χ1n) is 26.6. The van der Waals surface area contributed by atoms with E-state index in [-0.39, 0.29) is 6.42 Å². The number of aliphatic hydroxyl groups is 9. The molecule has 0 aromatic heterocycles. The van der Waals surface area contributed by atoms with Crippen LogP contribution in [0.2, 0.25) is 0 Å². The summed E-state index contributed by atoms with van der Waals surface area (Å²) >= 11 is 0. The minimum Gasteiger partial charge on any atom is -0.456 e. The average Bonchev–Trinajstić information content (AvgIpc) is 3.36. The smallest absolute Gasteiger partial charge is 0.311 e. The predicted molar refractivity (Wildman–Crippen MR) is 251 cm³/mol. The van der Waals surface area contributed by atoms with E-state index in [2.05, 4.69) is 6.92 Å². The minimum absolute atomic E-state index is 0.0846. The Kier molecular flexibility index (Phi) is 24.9. The molecule has 5 aliphatic heterocycles. The fraction of sp³-hybridized carbons (Fsp3) is 0.940. The third kappa shape index (κ3) is 16.2. The molecule has 9 N–H and O–H groups in total. The van der Waals surface area contributed by atoms with Crippen molar-refractivity contribution in [1.29, 1.82) is 0 Å². The third-order valence-corrected chi connectivity index (χ3v) is 14.8. The Balaban J connectivity index is 1.65. The second-order valence-electron chi connectivity index (χ2n) is 20.5. The van der Waals surface area contributed by atoms with Gasteiger partial charge in [0.15, 0.2) is 43.5 Å². The molecule has 23 heteroatoms. The number of unbranched alkanes of at least 4 members (excludes halogenated alkanes) is 2. The number of fused-ring (bicyclic) bond motifs is 4. The second-order valence-corrected chi connectivity index (χ2v) is 20.5. The Morgan fingerprint density at radius 1 is 0.603 bits per heavy atom. The van der Waals surface area contributed by atoms with Gasteiger partial charge in [-0.25, -0.2) is 0 Å². The number of carbonyl (C=O) groups excluding carboxylic acids is 3. The maximum Gasteiger partial charge on any atom is 0.311 e. The van der Waals surface area contributed by atoms with Crippen LogP contribution < -0.4 is 0 Å². The van der Waals surface area contributed by atoms with Gasteiger partial charge in [-0.2, -0.15) is 0 Å². The first-order chi connectivity index (χ1) is 34.8. The molecule has 5 heterocycles. The van der Waals surface area contributed by atoms with Crippen molar-refractivity contribution in [1.82, 2.24) is 0 Å². The first-order valence-corrected chi connectivity index (χ1v) is 26.6. The van der Waals surface area contributed by atoms with Gasteiger partial charge < -0.3 is 98.1 Å². The maximum absolute atomic E-state index is 13.6. The highest BCUT2D eigenvalue weighted by Gasteiger charge is 2.58. The van der Waals surface area contributed by atoms with Crippen molar-refractivity contribution in [2.24, 2.45) is 11.8 Å². The van der Waals surface area contributed by atoms with Crippen LogP contribution in [0.25, 0.3) is 0 Å². The lowest BCUT2D eigenvalue weighted by Crippen LogP contribution is -2.69. The van der Waals surface area contributed by atoms with E-state index in [1.54, 1.807) is 20.8 Å². The summed E-state index contributed by atoms with van der Waals surface area (Å²) in [5.74, 6) is -4.31. The molecular weight excluding hydrogens is 969 g/mol. The molecule has 5 saturated heterocycles. The lowest BCUT2D eigenvalue weighted by molar-refractivity contribution is -0.409. The molecule has 0 aromatic carbocycles. The van der Waals surface area contributed by atoms with Crippen LogP contribution in [0.15, 0.2) is 0 Å². The molecule has 0 radical (unpaired) electrons. The van der Waals surface area contributed by atoms with Crippen LogP contribution in [0.4, 0.5) is 0 Å². The van der Waals surface area contributed by atoms with E-state index < -0.39 is 178 Å². The third-order valence-electron chi connectivity index (χ3n) is 14.8. The van der Waals surface area contributed by atoms with Gasteiger partial charge in [0.1, 0.15) is 67.1 Å². The van der Waals surface area contributed by atoms with Crippen LogP contribution in [0.1, 0.15) is 138 Å². The summed E-state index contributed by atoms with van der Waals surface area (Å²) in [7, 11) is 0. The van der Waals surface area contributed by atoms with Crippen molar-refractivity contribution < 1.29 is 112 Å². The van der Waals surface area contributed by atoms with Crippen molar-refractivity contribution in [2.75, 3.05) is 13.2 Å². The van der Waals surface area contributed by atoms with Gasteiger partial charge in [-0.15, -0.1) is 0 Å². The maximum atomic E-state index is 13.6. The SMILES string of the molecule is CCCCC[C@H]1CCCCCCCCCC(=O)OC2C(OC(CO)C(O)C2O)OC2C(O)C(CO)OC(OC3C(OC(C)C(O)C3O)O1)C2O[C@@H]1O[C@@H](C)[C@H](OC(=O)C(C)CC)[C@@H](O)[C@H]1OC(=O)[C@@H](C)[C@H](C)O. The van der Waals surface area contributed by atoms with Crippen molar-refractivity contribution >= 4 is 17.9 Å². The Hall–Kier alpha value is -2.27. The van der Waals surface area contributed by atoms with Crippen molar-refractivity contribution in [3.63, 3.8) is 0 Å². The lowest BCUT2D eigenvalue weighted by atomic mass is 9.95. The van der Waals surface area contributed by atoms with Crippen LogP contribution in [0.5, 0.6) is 0 Å². The van der Waals surface area contributed by atoms with Gasteiger partial charge in [-0.3, -0.25) is 14.4 Å². The van der Waals surface area contributed by atoms with Crippen LogP contribution in [0, 0.1) is 11.8 Å². The van der Waals surface area contributed by atoms with Crippen LogP contribution in [-0.4, -0.2) is 212 Å². The van der Waals surface area contributed by atoms with E-state index in [1.807, 2.05) is 0 Å². The molecule has 0 spiro atoms. The fourth-order valence-corrected chi connectivity index (χ4v) is 9.54. The standard InChI is InChI=1S/C50H86O23/c1-8-10-16-19-29-20-17-14-12-11-13-15-18-21-32(54)68-41-37(59)34(56)30(22-51)66-49(41)71-40-35(57)31(23-52)67-50(72-42-36(58)33(55)27(6)63-47(42)65-29)44(40)73-48-43(70-46(62)25(4)26(5)53)38(60)39(28(7)64-48)69-45(61)24(3)9-2/h24-31,33-44,47-53,55-60H,8-23H2,1-7H3/t24?,25-,26-,27?,28-,29-,30?,31?,33?,34?,35?,36?,37?,38+,39-,40?,41?,42?,43+,44?,47?,48-,49?,50?/m0/s1. The monoisotopic (exact) mass is 1050 g/mol. The molecule has 0 aromatic rings. The fourth-order valence-electron chi connectivity index (χ4n) is 9.54. The summed E-state index contributed by atoms with van der Waals surface area (Å²) in [5.41, 5.74) is 0. The number of ether oxygens (including phenoxy) is 11. The zero-order valence-corrected chi connectivity index (χ0v) is 43.4. The Morgan fingerprint density at radius 2 is 1.19 bits per heavy atom. The van der Waals surface area contributed by atoms with Gasteiger partial charge in [0.05, 0.1) is 49.5 Å². The number of aliphatic hydroxyl groups excluding tert-OH is 9. The Morgan fingerprint density at radius 3 is 1.84 bits per heavy atom. The zero-order valence-electron chi connectivity index (χ0n) is 43.4. The number of hydrogen-bond donors (Lipinski definition) is 9. The van der Waals surface area contributed by atoms with E-state index in [4.69, 9.17) is 52.1 Å². The van der Waals surface area contributed by atoms with Crippen molar-refractivity contribution in [2.45, 2.75) is 273 Å². The van der Waals surface area contributed by atoms with E-state index in [9.17, 15) is 60.3 Å². The molecule has 2 bridgehead atoms. The minimum atomic E-state index is -1.96. The summed E-state index contributed by atoms with van der Waals surface area (Å²) in [6.07, 6.45) is -26.0. The first kappa shape index (κ1) is 61.6. The summed E-state index contributed by atoms with van der Waals surface area (Å²) in [5, 5.41) is 101. The summed E-state index contributed by atoms with van der Waals surface area (Å²) in [6, 6.07) is 0. The van der Waals surface area contributed by atoms with Crippen LogP contribution >= 0.6 is 0 Å². The molecule has 5 fully saturated rings.